The fourth-order valence-electron chi connectivity index (χ4n) is 3.57. The van der Waals surface area contributed by atoms with Crippen LogP contribution in [0.15, 0.2) is 30.5 Å². The highest BCUT2D eigenvalue weighted by molar-refractivity contribution is 6.03. The van der Waals surface area contributed by atoms with Gasteiger partial charge >= 0.3 is 0 Å². The number of rotatable bonds is 5. The Kier molecular flexibility index (Phi) is 5.19. The van der Waals surface area contributed by atoms with E-state index in [1.807, 2.05) is 31.9 Å². The van der Waals surface area contributed by atoms with Crippen LogP contribution in [0.1, 0.15) is 29.6 Å². The summed E-state index contributed by atoms with van der Waals surface area (Å²) in [5, 5.41) is 11.1. The fraction of sp³-hybridized carbons (Fsp3) is 0.333. The lowest BCUT2D eigenvalue weighted by molar-refractivity contribution is -0.117. The number of aromatic nitrogens is 4. The molecule has 0 aliphatic carbocycles. The Morgan fingerprint density at radius 1 is 1.10 bits per heavy atom. The van der Waals surface area contributed by atoms with Crippen LogP contribution in [0.2, 0.25) is 0 Å². The van der Waals surface area contributed by atoms with Crippen molar-refractivity contribution < 1.29 is 13.6 Å². The molecule has 1 aromatic carbocycles. The molecular formula is C21H22F2N6O. The van der Waals surface area contributed by atoms with E-state index in [1.165, 1.54) is 12.1 Å². The fourth-order valence-corrected chi connectivity index (χ4v) is 3.57. The van der Waals surface area contributed by atoms with Gasteiger partial charge in [0.05, 0.1) is 29.3 Å². The second-order valence-electron chi connectivity index (χ2n) is 7.55. The summed E-state index contributed by atoms with van der Waals surface area (Å²) in [4.78, 5) is 18.6. The minimum atomic E-state index is -0.616. The van der Waals surface area contributed by atoms with Crippen molar-refractivity contribution in [2.24, 2.45) is 0 Å². The van der Waals surface area contributed by atoms with Crippen LogP contribution in [0, 0.1) is 18.6 Å². The van der Waals surface area contributed by atoms with E-state index in [0.29, 0.717) is 18.4 Å². The first-order chi connectivity index (χ1) is 14.3. The lowest BCUT2D eigenvalue weighted by atomic mass is 10.1. The molecule has 1 atom stereocenters. The number of fused-ring (bicyclic) bond motifs is 1. The van der Waals surface area contributed by atoms with Crippen LogP contribution in [-0.2, 0) is 24.2 Å². The average Bonchev–Trinajstić information content (AvgIpc) is 3.12. The predicted molar refractivity (Wildman–Crippen MR) is 108 cm³/mol. The van der Waals surface area contributed by atoms with Crippen LogP contribution in [0.3, 0.4) is 0 Å². The smallest absolute Gasteiger partial charge is 0.246 e. The van der Waals surface area contributed by atoms with E-state index in [1.54, 1.807) is 10.9 Å². The van der Waals surface area contributed by atoms with Gasteiger partial charge in [0.2, 0.25) is 5.91 Å². The molecule has 0 unspecified atom stereocenters. The maximum absolute atomic E-state index is 13.4. The number of halogens is 2. The number of hydrogen-bond donors (Lipinski definition) is 1. The third-order valence-corrected chi connectivity index (χ3v) is 5.31. The summed E-state index contributed by atoms with van der Waals surface area (Å²) in [5.41, 5.74) is 4.60. The molecular weight excluding hydrogens is 390 g/mol. The number of anilines is 2. The number of likely N-dealkylation sites (N-methyl/N-ethyl adjacent to an activating group) is 1. The molecule has 1 aliphatic heterocycles. The Balaban J connectivity index is 1.46. The molecule has 1 N–H and O–H groups in total. The molecule has 0 fully saturated rings. The topological polar surface area (TPSA) is 75.9 Å². The number of hydrogen-bond acceptors (Lipinski definition) is 5. The molecule has 9 heteroatoms. The van der Waals surface area contributed by atoms with Crippen molar-refractivity contribution in [1.82, 2.24) is 20.0 Å². The molecule has 1 aliphatic rings. The van der Waals surface area contributed by atoms with E-state index >= 15 is 0 Å². The van der Waals surface area contributed by atoms with Crippen molar-refractivity contribution in [2.75, 3.05) is 17.3 Å². The summed E-state index contributed by atoms with van der Waals surface area (Å²) in [7, 11) is 1.90. The normalized spacial score (nSPS) is 15.8. The zero-order valence-electron chi connectivity index (χ0n) is 17.0. The molecule has 156 valence electrons. The zero-order valence-corrected chi connectivity index (χ0v) is 17.0. The van der Waals surface area contributed by atoms with Crippen molar-refractivity contribution in [3.05, 3.63) is 64.7 Å². The highest BCUT2D eigenvalue weighted by Crippen LogP contribution is 2.33. The molecule has 3 aromatic rings. The summed E-state index contributed by atoms with van der Waals surface area (Å²) in [6.07, 6.45) is 3.04. The zero-order chi connectivity index (χ0) is 21.4. The molecule has 0 saturated carbocycles. The first kappa shape index (κ1) is 19.9. The highest BCUT2D eigenvalue weighted by Gasteiger charge is 2.28. The molecule has 0 spiro atoms. The number of carbonyl (C=O) groups is 1. The Hall–Kier alpha value is -3.36. The average molecular weight is 412 g/mol. The summed E-state index contributed by atoms with van der Waals surface area (Å²) >= 11 is 0. The van der Waals surface area contributed by atoms with Gasteiger partial charge in [0.15, 0.2) is 0 Å². The monoisotopic (exact) mass is 412 g/mol. The second kappa shape index (κ2) is 7.81. The predicted octanol–water partition coefficient (Wildman–Crippen LogP) is 2.87. The van der Waals surface area contributed by atoms with Crippen molar-refractivity contribution in [3.8, 4) is 0 Å². The molecule has 0 bridgehead atoms. The lowest BCUT2D eigenvalue weighted by Crippen LogP contribution is -2.44. The van der Waals surface area contributed by atoms with Crippen LogP contribution < -0.4 is 10.2 Å². The minimum Gasteiger partial charge on any atom is -0.361 e. The highest BCUT2D eigenvalue weighted by atomic mass is 19.1. The SMILES string of the molecule is Cc1nc(CCc2cn(Cc3cc(F)cc(F)c3)nn2)cc2c1NC(=O)[C@H](C)N2C. The molecule has 0 radical (unpaired) electrons. The Morgan fingerprint density at radius 3 is 2.53 bits per heavy atom. The van der Waals surface area contributed by atoms with Crippen molar-refractivity contribution >= 4 is 17.3 Å². The van der Waals surface area contributed by atoms with Gasteiger partial charge in [-0.2, -0.15) is 0 Å². The van der Waals surface area contributed by atoms with Crippen LogP contribution in [-0.4, -0.2) is 39.0 Å². The first-order valence-electron chi connectivity index (χ1n) is 9.68. The Morgan fingerprint density at radius 2 is 1.80 bits per heavy atom. The summed E-state index contributed by atoms with van der Waals surface area (Å²) in [6, 6.07) is 5.13. The number of carbonyl (C=O) groups excluding carboxylic acids is 1. The van der Waals surface area contributed by atoms with E-state index in [4.69, 9.17) is 0 Å². The maximum atomic E-state index is 13.4. The Bertz CT molecular complexity index is 1090. The molecule has 4 rings (SSSR count). The van der Waals surface area contributed by atoms with Crippen molar-refractivity contribution in [2.45, 2.75) is 39.3 Å². The second-order valence-corrected chi connectivity index (χ2v) is 7.55. The van der Waals surface area contributed by atoms with E-state index in [0.717, 1.165) is 34.5 Å². The number of aryl methyl sites for hydroxylation is 3. The first-order valence-corrected chi connectivity index (χ1v) is 9.68. The van der Waals surface area contributed by atoms with Gasteiger partial charge in [0.25, 0.3) is 0 Å². The quantitative estimate of drug-likeness (QED) is 0.698. The van der Waals surface area contributed by atoms with Gasteiger partial charge in [-0.05, 0) is 50.5 Å². The maximum Gasteiger partial charge on any atom is 0.246 e. The molecule has 0 saturated heterocycles. The van der Waals surface area contributed by atoms with Gasteiger partial charge in [-0.1, -0.05) is 5.21 Å². The largest absolute Gasteiger partial charge is 0.361 e. The van der Waals surface area contributed by atoms with E-state index in [9.17, 15) is 13.6 Å². The van der Waals surface area contributed by atoms with E-state index in [-0.39, 0.29) is 18.5 Å². The van der Waals surface area contributed by atoms with Crippen LogP contribution in [0.4, 0.5) is 20.2 Å². The van der Waals surface area contributed by atoms with Gasteiger partial charge in [-0.25, -0.2) is 13.5 Å². The van der Waals surface area contributed by atoms with Crippen molar-refractivity contribution in [3.63, 3.8) is 0 Å². The van der Waals surface area contributed by atoms with Gasteiger partial charge in [0, 0.05) is 25.0 Å². The summed E-state index contributed by atoms with van der Waals surface area (Å²) < 4.78 is 28.3. The van der Waals surface area contributed by atoms with Crippen LogP contribution in [0.25, 0.3) is 0 Å². The van der Waals surface area contributed by atoms with Crippen LogP contribution in [0.5, 0.6) is 0 Å². The standard InChI is InChI=1S/C21H22F2N6O/c1-12-20-19(28(3)13(2)21(30)25-20)9-17(24-12)4-5-18-11-29(27-26-18)10-14-6-15(22)8-16(23)7-14/h6-9,11,13H,4-5,10H2,1-3H3,(H,25,30)/t13-/m0/s1. The number of pyridine rings is 1. The van der Waals surface area contributed by atoms with Crippen LogP contribution >= 0.6 is 0 Å². The van der Waals surface area contributed by atoms with Gasteiger partial charge in [-0.3, -0.25) is 9.78 Å². The van der Waals surface area contributed by atoms with Gasteiger partial charge < -0.3 is 10.2 Å². The minimum absolute atomic E-state index is 0.0440. The number of nitrogens with zero attached hydrogens (tertiary/aromatic N) is 5. The van der Waals surface area contributed by atoms with Gasteiger partial charge in [-0.15, -0.1) is 5.10 Å². The third kappa shape index (κ3) is 4.00. The molecule has 2 aromatic heterocycles. The number of nitrogens with one attached hydrogen (secondary N) is 1. The molecule has 3 heterocycles. The Labute approximate surface area is 172 Å². The third-order valence-electron chi connectivity index (χ3n) is 5.31. The molecule has 1 amide bonds. The van der Waals surface area contributed by atoms with E-state index < -0.39 is 11.6 Å². The molecule has 30 heavy (non-hydrogen) atoms. The number of benzene rings is 1. The van der Waals surface area contributed by atoms with E-state index in [2.05, 4.69) is 20.6 Å². The lowest BCUT2D eigenvalue weighted by Gasteiger charge is -2.34. The number of amides is 1. The summed E-state index contributed by atoms with van der Waals surface area (Å²) in [6.45, 7) is 3.97. The molecule has 7 nitrogen and oxygen atoms in total. The van der Waals surface area contributed by atoms with Crippen molar-refractivity contribution in [1.29, 1.82) is 0 Å². The van der Waals surface area contributed by atoms with Gasteiger partial charge in [0.1, 0.15) is 17.7 Å². The summed E-state index contributed by atoms with van der Waals surface area (Å²) in [5.74, 6) is -1.28.